The van der Waals surface area contributed by atoms with Crippen molar-refractivity contribution in [3.63, 3.8) is 0 Å². The molecule has 1 aliphatic heterocycles. The smallest absolute Gasteiger partial charge is 0.270 e. The Labute approximate surface area is 153 Å². The summed E-state index contributed by atoms with van der Waals surface area (Å²) in [5.74, 6) is 0.621. The number of nitrogens with zero attached hydrogens (tertiary/aromatic N) is 4. The predicted molar refractivity (Wildman–Crippen MR) is 99.3 cm³/mol. The summed E-state index contributed by atoms with van der Waals surface area (Å²) in [5.41, 5.74) is 0.459. The molecule has 0 unspecified atom stereocenters. The Bertz CT molecular complexity index is 717. The molecule has 0 spiro atoms. The van der Waals surface area contributed by atoms with Gasteiger partial charge in [0.1, 0.15) is 17.8 Å². The minimum atomic E-state index is -0.0856. The lowest BCUT2D eigenvalue weighted by Crippen LogP contribution is -2.50. The molecule has 0 bridgehead atoms. The molecule has 2 aromatic rings. The molecule has 26 heavy (non-hydrogen) atoms. The van der Waals surface area contributed by atoms with Crippen molar-refractivity contribution in [1.29, 1.82) is 0 Å². The molecule has 138 valence electrons. The summed E-state index contributed by atoms with van der Waals surface area (Å²) in [7, 11) is 0. The fourth-order valence-corrected chi connectivity index (χ4v) is 3.98. The van der Waals surface area contributed by atoms with Gasteiger partial charge in [-0.05, 0) is 37.8 Å². The van der Waals surface area contributed by atoms with E-state index in [9.17, 15) is 4.79 Å². The highest BCUT2D eigenvalue weighted by atomic mass is 16.1. The largest absolute Gasteiger partial charge is 0.348 e. The lowest BCUT2D eigenvalue weighted by molar-refractivity contribution is 0.0889. The van der Waals surface area contributed by atoms with E-state index in [1.807, 2.05) is 18.3 Å². The lowest BCUT2D eigenvalue weighted by Gasteiger charge is -2.39. The zero-order chi connectivity index (χ0) is 17.8. The fourth-order valence-electron chi connectivity index (χ4n) is 3.98. The maximum Gasteiger partial charge on any atom is 0.270 e. The monoisotopic (exact) mass is 354 g/mol. The molecule has 2 fully saturated rings. The van der Waals surface area contributed by atoms with Crippen molar-refractivity contribution in [1.82, 2.24) is 30.1 Å². The van der Waals surface area contributed by atoms with Crippen molar-refractivity contribution in [3.8, 4) is 5.82 Å². The van der Waals surface area contributed by atoms with Crippen molar-refractivity contribution in [2.24, 2.45) is 0 Å². The third-order valence-electron chi connectivity index (χ3n) is 5.44. The van der Waals surface area contributed by atoms with E-state index in [0.29, 0.717) is 17.6 Å². The van der Waals surface area contributed by atoms with Gasteiger partial charge < -0.3 is 10.6 Å². The minimum Gasteiger partial charge on any atom is -0.348 e. The highest BCUT2D eigenvalue weighted by Gasteiger charge is 2.27. The van der Waals surface area contributed by atoms with Crippen LogP contribution in [0.1, 0.15) is 36.2 Å². The second-order valence-corrected chi connectivity index (χ2v) is 7.12. The number of amides is 1. The van der Waals surface area contributed by atoms with Crippen LogP contribution in [0.5, 0.6) is 0 Å². The van der Waals surface area contributed by atoms with Gasteiger partial charge in [-0.2, -0.15) is 0 Å². The molecule has 3 heterocycles. The second kappa shape index (κ2) is 7.97. The van der Waals surface area contributed by atoms with Crippen LogP contribution < -0.4 is 10.6 Å². The van der Waals surface area contributed by atoms with Gasteiger partial charge in [-0.1, -0.05) is 6.07 Å². The third-order valence-corrected chi connectivity index (χ3v) is 5.44. The van der Waals surface area contributed by atoms with Gasteiger partial charge in [0, 0.05) is 50.7 Å². The Hall–Kier alpha value is -2.25. The van der Waals surface area contributed by atoms with Gasteiger partial charge in [-0.15, -0.1) is 0 Å². The van der Waals surface area contributed by atoms with Crippen molar-refractivity contribution >= 4 is 5.91 Å². The zero-order valence-electron chi connectivity index (χ0n) is 15.0. The average Bonchev–Trinajstić information content (AvgIpc) is 3.24. The van der Waals surface area contributed by atoms with Crippen molar-refractivity contribution in [3.05, 3.63) is 42.6 Å². The first-order valence-corrected chi connectivity index (χ1v) is 9.50. The Kier molecular flexibility index (Phi) is 5.26. The molecule has 7 heteroatoms. The molecule has 2 aliphatic rings. The number of piperazine rings is 1. The Morgan fingerprint density at radius 3 is 2.69 bits per heavy atom. The predicted octanol–water partition coefficient (Wildman–Crippen LogP) is 1.21. The van der Waals surface area contributed by atoms with Crippen LogP contribution in [-0.4, -0.2) is 63.6 Å². The lowest BCUT2D eigenvalue weighted by atomic mass is 9.89. The maximum atomic E-state index is 12.6. The van der Waals surface area contributed by atoms with E-state index >= 15 is 0 Å². The third kappa shape index (κ3) is 3.94. The van der Waals surface area contributed by atoms with Gasteiger partial charge in [0.2, 0.25) is 0 Å². The van der Waals surface area contributed by atoms with E-state index < -0.39 is 0 Å². The number of imidazole rings is 1. The molecule has 2 aromatic heterocycles. The van der Waals surface area contributed by atoms with Gasteiger partial charge in [-0.25, -0.2) is 9.97 Å². The average molecular weight is 354 g/mol. The molecule has 1 aliphatic carbocycles. The molecule has 0 radical (unpaired) electrons. The number of hydrogen-bond acceptors (Lipinski definition) is 5. The Balaban J connectivity index is 1.32. The van der Waals surface area contributed by atoms with E-state index in [0.717, 1.165) is 51.9 Å². The van der Waals surface area contributed by atoms with E-state index in [4.69, 9.17) is 0 Å². The number of nitrogens with one attached hydrogen (secondary N) is 2. The molecular weight excluding hydrogens is 328 g/mol. The Morgan fingerprint density at radius 2 is 1.96 bits per heavy atom. The second-order valence-electron chi connectivity index (χ2n) is 7.12. The highest BCUT2D eigenvalue weighted by Crippen LogP contribution is 2.23. The van der Waals surface area contributed by atoms with E-state index in [1.165, 1.54) is 0 Å². The van der Waals surface area contributed by atoms with E-state index in [-0.39, 0.29) is 11.9 Å². The summed E-state index contributed by atoms with van der Waals surface area (Å²) in [6, 6.07) is 6.42. The van der Waals surface area contributed by atoms with Gasteiger partial charge in [-0.3, -0.25) is 14.3 Å². The van der Waals surface area contributed by atoms with Gasteiger partial charge >= 0.3 is 0 Å². The number of carbonyl (C=O) groups is 1. The number of rotatable bonds is 4. The van der Waals surface area contributed by atoms with Crippen molar-refractivity contribution < 1.29 is 4.79 Å². The summed E-state index contributed by atoms with van der Waals surface area (Å²) in [5, 5.41) is 6.58. The van der Waals surface area contributed by atoms with Crippen LogP contribution in [0.3, 0.4) is 0 Å². The Morgan fingerprint density at radius 1 is 1.15 bits per heavy atom. The molecule has 7 nitrogen and oxygen atoms in total. The van der Waals surface area contributed by atoms with Crippen molar-refractivity contribution in [2.75, 3.05) is 26.2 Å². The fraction of sp³-hybridized carbons (Fsp3) is 0.526. The highest BCUT2D eigenvalue weighted by molar-refractivity contribution is 5.92. The number of aromatic nitrogens is 3. The quantitative estimate of drug-likeness (QED) is 0.863. The maximum absolute atomic E-state index is 12.6. The molecule has 1 saturated carbocycles. The molecule has 1 amide bonds. The molecular formula is C19H26N6O. The summed E-state index contributed by atoms with van der Waals surface area (Å²) >= 11 is 0. The normalized spacial score (nSPS) is 24.3. The van der Waals surface area contributed by atoms with Crippen LogP contribution in [0.2, 0.25) is 0 Å². The first-order chi connectivity index (χ1) is 12.8. The summed E-state index contributed by atoms with van der Waals surface area (Å²) in [6.07, 6.45) is 9.61. The molecule has 1 saturated heterocycles. The number of hydrogen-bond donors (Lipinski definition) is 2. The van der Waals surface area contributed by atoms with Gasteiger partial charge in [0.25, 0.3) is 5.91 Å². The first-order valence-electron chi connectivity index (χ1n) is 9.50. The molecule has 4 rings (SSSR count). The first kappa shape index (κ1) is 17.2. The summed E-state index contributed by atoms with van der Waals surface area (Å²) < 4.78 is 1.80. The van der Waals surface area contributed by atoms with E-state index in [2.05, 4.69) is 25.5 Å². The summed E-state index contributed by atoms with van der Waals surface area (Å²) in [6.45, 7) is 4.48. The van der Waals surface area contributed by atoms with Crippen molar-refractivity contribution in [2.45, 2.75) is 37.8 Å². The minimum absolute atomic E-state index is 0.0856. The van der Waals surface area contributed by atoms with Crippen LogP contribution in [0, 0.1) is 0 Å². The van der Waals surface area contributed by atoms with Gasteiger partial charge in [0.05, 0.1) is 0 Å². The number of pyridine rings is 1. The topological polar surface area (TPSA) is 75.1 Å². The van der Waals surface area contributed by atoms with E-state index in [1.54, 1.807) is 23.2 Å². The zero-order valence-corrected chi connectivity index (χ0v) is 15.0. The molecule has 0 atom stereocenters. The van der Waals surface area contributed by atoms with Crippen LogP contribution in [0.15, 0.2) is 36.9 Å². The molecule has 2 N–H and O–H groups in total. The molecule has 0 aromatic carbocycles. The van der Waals surface area contributed by atoms with Crippen LogP contribution in [0.25, 0.3) is 5.82 Å². The van der Waals surface area contributed by atoms with Crippen LogP contribution in [-0.2, 0) is 0 Å². The summed E-state index contributed by atoms with van der Waals surface area (Å²) in [4.78, 5) is 23.7. The van der Waals surface area contributed by atoms with Gasteiger partial charge in [0.15, 0.2) is 0 Å². The van der Waals surface area contributed by atoms with Crippen LogP contribution in [0.4, 0.5) is 0 Å². The SMILES string of the molecule is O=C(NC1CCC(N2CCNCC2)CC1)c1cccc(-n2ccnc2)n1. The van der Waals surface area contributed by atoms with Crippen LogP contribution >= 0.6 is 0 Å². The standard InChI is InChI=1S/C19H26N6O/c26-19(17-2-1-3-18(23-17)25-13-10-21-14-25)22-15-4-6-16(7-5-15)24-11-8-20-9-12-24/h1-3,10,13-16,20H,4-9,11-12H2,(H,22,26). The number of carbonyl (C=O) groups excluding carboxylic acids is 1.